The minimum atomic E-state index is -0.0218. The van der Waals surface area contributed by atoms with Crippen molar-refractivity contribution in [2.45, 2.75) is 45.2 Å². The van der Waals surface area contributed by atoms with E-state index in [2.05, 4.69) is 17.2 Å². The van der Waals surface area contributed by atoms with Crippen LogP contribution >= 0.6 is 0 Å². The van der Waals surface area contributed by atoms with Crippen LogP contribution in [0.5, 0.6) is 0 Å². The maximum atomic E-state index is 12.1. The maximum Gasteiger partial charge on any atom is 0.251 e. The molecule has 0 saturated heterocycles. The standard InChI is InChI=1S/C14H21N3O/c1-10(11-4-2-3-5-11)17-14(18)12-6-7-16-13(8-12)9-15/h6-8,10-11H,2-5,9,15H2,1H3,(H,17,18)/t10-/m1/s1. The van der Waals surface area contributed by atoms with Gasteiger partial charge in [-0.25, -0.2) is 0 Å². The van der Waals surface area contributed by atoms with Gasteiger partial charge >= 0.3 is 0 Å². The molecule has 1 heterocycles. The second-order valence-electron chi connectivity index (χ2n) is 5.05. The van der Waals surface area contributed by atoms with Crippen LogP contribution < -0.4 is 11.1 Å². The average molecular weight is 247 g/mol. The Hall–Kier alpha value is -1.42. The van der Waals surface area contributed by atoms with Crippen molar-refractivity contribution in [3.8, 4) is 0 Å². The van der Waals surface area contributed by atoms with Crippen LogP contribution in [0.2, 0.25) is 0 Å². The van der Waals surface area contributed by atoms with Crippen molar-refractivity contribution in [3.05, 3.63) is 29.6 Å². The van der Waals surface area contributed by atoms with Crippen LogP contribution in [0.25, 0.3) is 0 Å². The third-order valence-corrected chi connectivity index (χ3v) is 3.75. The highest BCUT2D eigenvalue weighted by Gasteiger charge is 2.23. The van der Waals surface area contributed by atoms with Gasteiger partial charge in [0.05, 0.1) is 5.69 Å². The number of rotatable bonds is 4. The number of carbonyl (C=O) groups excluding carboxylic acids is 1. The van der Waals surface area contributed by atoms with Crippen molar-refractivity contribution in [1.29, 1.82) is 0 Å². The zero-order valence-electron chi connectivity index (χ0n) is 10.9. The molecule has 4 heteroatoms. The SMILES string of the molecule is C[C@@H](NC(=O)c1ccnc(CN)c1)C1CCCC1. The number of amides is 1. The van der Waals surface area contributed by atoms with E-state index in [9.17, 15) is 4.79 Å². The Kier molecular flexibility index (Phi) is 4.31. The molecular weight excluding hydrogens is 226 g/mol. The highest BCUT2D eigenvalue weighted by atomic mass is 16.1. The molecule has 4 nitrogen and oxygen atoms in total. The molecule has 1 amide bonds. The third-order valence-electron chi connectivity index (χ3n) is 3.75. The molecule has 1 aliphatic carbocycles. The van der Waals surface area contributed by atoms with E-state index in [0.29, 0.717) is 18.0 Å². The van der Waals surface area contributed by atoms with Gasteiger partial charge in [-0.2, -0.15) is 0 Å². The van der Waals surface area contributed by atoms with Crippen molar-refractivity contribution in [2.24, 2.45) is 11.7 Å². The number of pyridine rings is 1. The summed E-state index contributed by atoms with van der Waals surface area (Å²) in [5.74, 6) is 0.608. The van der Waals surface area contributed by atoms with E-state index in [1.807, 2.05) is 0 Å². The number of hydrogen-bond acceptors (Lipinski definition) is 3. The number of carbonyl (C=O) groups is 1. The molecule has 1 saturated carbocycles. The zero-order valence-corrected chi connectivity index (χ0v) is 10.9. The van der Waals surface area contributed by atoms with E-state index >= 15 is 0 Å². The molecule has 0 bridgehead atoms. The fourth-order valence-electron chi connectivity index (χ4n) is 2.60. The normalized spacial score (nSPS) is 17.7. The Bertz CT molecular complexity index is 413. The first-order valence-electron chi connectivity index (χ1n) is 6.66. The van der Waals surface area contributed by atoms with Crippen molar-refractivity contribution < 1.29 is 4.79 Å². The Labute approximate surface area is 108 Å². The van der Waals surface area contributed by atoms with Gasteiger partial charge in [0.1, 0.15) is 0 Å². The summed E-state index contributed by atoms with van der Waals surface area (Å²) in [6.07, 6.45) is 6.67. The molecule has 1 atom stereocenters. The van der Waals surface area contributed by atoms with Crippen molar-refractivity contribution in [1.82, 2.24) is 10.3 Å². The highest BCUT2D eigenvalue weighted by molar-refractivity contribution is 5.94. The number of nitrogens with one attached hydrogen (secondary N) is 1. The van der Waals surface area contributed by atoms with E-state index in [4.69, 9.17) is 5.73 Å². The number of aromatic nitrogens is 1. The van der Waals surface area contributed by atoms with Gasteiger partial charge < -0.3 is 11.1 Å². The molecule has 0 aliphatic heterocycles. The monoisotopic (exact) mass is 247 g/mol. The quantitative estimate of drug-likeness (QED) is 0.853. The second-order valence-corrected chi connectivity index (χ2v) is 5.05. The largest absolute Gasteiger partial charge is 0.349 e. The summed E-state index contributed by atoms with van der Waals surface area (Å²) in [6.45, 7) is 2.46. The molecule has 0 radical (unpaired) electrons. The van der Waals surface area contributed by atoms with Gasteiger partial charge in [0, 0.05) is 24.3 Å². The van der Waals surface area contributed by atoms with Gasteiger partial charge in [0.15, 0.2) is 0 Å². The van der Waals surface area contributed by atoms with Crippen LogP contribution in [0.3, 0.4) is 0 Å². The molecule has 2 rings (SSSR count). The minimum absolute atomic E-state index is 0.0218. The van der Waals surface area contributed by atoms with E-state index in [0.717, 1.165) is 5.69 Å². The summed E-state index contributed by atoms with van der Waals surface area (Å²) in [5.41, 5.74) is 6.92. The van der Waals surface area contributed by atoms with Crippen LogP contribution in [0, 0.1) is 5.92 Å². The van der Waals surface area contributed by atoms with E-state index in [-0.39, 0.29) is 11.9 Å². The second kappa shape index (κ2) is 5.96. The Morgan fingerprint density at radius 2 is 2.28 bits per heavy atom. The lowest BCUT2D eigenvalue weighted by atomic mass is 9.99. The topological polar surface area (TPSA) is 68.0 Å². The first-order chi connectivity index (χ1) is 8.70. The van der Waals surface area contributed by atoms with Crippen molar-refractivity contribution >= 4 is 5.91 Å². The molecular formula is C14H21N3O. The van der Waals surface area contributed by atoms with Crippen LogP contribution in [0.15, 0.2) is 18.3 Å². The molecule has 1 aromatic heterocycles. The van der Waals surface area contributed by atoms with Gasteiger partial charge in [-0.3, -0.25) is 9.78 Å². The summed E-state index contributed by atoms with van der Waals surface area (Å²) >= 11 is 0. The third kappa shape index (κ3) is 3.07. The molecule has 18 heavy (non-hydrogen) atoms. The fourth-order valence-corrected chi connectivity index (χ4v) is 2.60. The van der Waals surface area contributed by atoms with Gasteiger partial charge in [0.2, 0.25) is 0 Å². The summed E-state index contributed by atoms with van der Waals surface area (Å²) in [4.78, 5) is 16.2. The number of hydrogen-bond donors (Lipinski definition) is 2. The first kappa shape index (κ1) is 13.0. The Morgan fingerprint density at radius 3 is 2.94 bits per heavy atom. The van der Waals surface area contributed by atoms with Crippen LogP contribution in [-0.2, 0) is 6.54 Å². The lowest BCUT2D eigenvalue weighted by Gasteiger charge is -2.20. The van der Waals surface area contributed by atoms with Gasteiger partial charge in [-0.05, 0) is 37.8 Å². The van der Waals surface area contributed by atoms with Gasteiger partial charge in [0.25, 0.3) is 5.91 Å². The van der Waals surface area contributed by atoms with E-state index < -0.39 is 0 Å². The summed E-state index contributed by atoms with van der Waals surface area (Å²) in [5, 5.41) is 3.08. The Balaban J connectivity index is 1.97. The number of nitrogens with zero attached hydrogens (tertiary/aromatic N) is 1. The molecule has 0 unspecified atom stereocenters. The smallest absolute Gasteiger partial charge is 0.251 e. The summed E-state index contributed by atoms with van der Waals surface area (Å²) in [7, 11) is 0. The Morgan fingerprint density at radius 1 is 1.56 bits per heavy atom. The van der Waals surface area contributed by atoms with Crippen molar-refractivity contribution in [3.63, 3.8) is 0 Å². The highest BCUT2D eigenvalue weighted by Crippen LogP contribution is 2.27. The van der Waals surface area contributed by atoms with Gasteiger partial charge in [-0.15, -0.1) is 0 Å². The molecule has 98 valence electrons. The van der Waals surface area contributed by atoms with Crippen LogP contribution in [0.4, 0.5) is 0 Å². The molecule has 0 aromatic carbocycles. The van der Waals surface area contributed by atoms with Crippen molar-refractivity contribution in [2.75, 3.05) is 0 Å². The van der Waals surface area contributed by atoms with E-state index in [1.54, 1.807) is 18.3 Å². The fraction of sp³-hybridized carbons (Fsp3) is 0.571. The van der Waals surface area contributed by atoms with Gasteiger partial charge in [-0.1, -0.05) is 12.8 Å². The van der Waals surface area contributed by atoms with Crippen LogP contribution in [-0.4, -0.2) is 16.9 Å². The molecule has 1 aromatic rings. The molecule has 0 spiro atoms. The predicted molar refractivity (Wildman–Crippen MR) is 71.0 cm³/mol. The maximum absolute atomic E-state index is 12.1. The molecule has 1 fully saturated rings. The molecule has 1 aliphatic rings. The van der Waals surface area contributed by atoms with E-state index in [1.165, 1.54) is 25.7 Å². The predicted octanol–water partition coefficient (Wildman–Crippen LogP) is 1.85. The minimum Gasteiger partial charge on any atom is -0.349 e. The lowest BCUT2D eigenvalue weighted by molar-refractivity contribution is 0.0927. The zero-order chi connectivity index (χ0) is 13.0. The summed E-state index contributed by atoms with van der Waals surface area (Å²) < 4.78 is 0. The lowest BCUT2D eigenvalue weighted by Crippen LogP contribution is -2.37. The first-order valence-corrected chi connectivity index (χ1v) is 6.66. The molecule has 3 N–H and O–H groups in total. The summed E-state index contributed by atoms with van der Waals surface area (Å²) in [6, 6.07) is 3.74. The average Bonchev–Trinajstić information content (AvgIpc) is 2.92. The number of nitrogens with two attached hydrogens (primary N) is 1. The van der Waals surface area contributed by atoms with Crippen LogP contribution in [0.1, 0.15) is 48.7 Å².